The molecule has 1 aliphatic rings. The summed E-state index contributed by atoms with van der Waals surface area (Å²) in [6.45, 7) is 3.72. The normalized spacial score (nSPS) is 17.8. The van der Waals surface area contributed by atoms with E-state index < -0.39 is 0 Å². The van der Waals surface area contributed by atoms with Crippen molar-refractivity contribution in [3.63, 3.8) is 0 Å². The van der Waals surface area contributed by atoms with Gasteiger partial charge in [-0.2, -0.15) is 0 Å². The van der Waals surface area contributed by atoms with Gasteiger partial charge in [-0.25, -0.2) is 4.98 Å². The van der Waals surface area contributed by atoms with Gasteiger partial charge >= 0.3 is 0 Å². The molecule has 1 N–H and O–H groups in total. The number of aromatic nitrogens is 1. The first-order chi connectivity index (χ1) is 11.2. The summed E-state index contributed by atoms with van der Waals surface area (Å²) >= 11 is 0. The van der Waals surface area contributed by atoms with Gasteiger partial charge in [0.1, 0.15) is 11.4 Å². The Kier molecular flexibility index (Phi) is 6.52. The average Bonchev–Trinajstić information content (AvgIpc) is 2.61. The van der Waals surface area contributed by atoms with Crippen LogP contribution >= 0.6 is 0 Å². The van der Waals surface area contributed by atoms with Gasteiger partial charge in [0.15, 0.2) is 0 Å². The quantitative estimate of drug-likeness (QED) is 0.813. The molecule has 0 bridgehead atoms. The molecule has 23 heavy (non-hydrogen) atoms. The van der Waals surface area contributed by atoms with Gasteiger partial charge in [0, 0.05) is 26.2 Å². The van der Waals surface area contributed by atoms with Crippen molar-refractivity contribution in [1.29, 1.82) is 0 Å². The third-order valence-corrected chi connectivity index (χ3v) is 4.15. The molecular weight excluding hydrogens is 294 g/mol. The first kappa shape index (κ1) is 17.4. The van der Waals surface area contributed by atoms with Gasteiger partial charge < -0.3 is 15.0 Å². The van der Waals surface area contributed by atoms with Gasteiger partial charge in [0.05, 0.1) is 6.61 Å². The fourth-order valence-electron chi connectivity index (χ4n) is 2.88. The summed E-state index contributed by atoms with van der Waals surface area (Å²) in [5.74, 6) is -0.370. The summed E-state index contributed by atoms with van der Waals surface area (Å²) in [4.78, 5) is 30.9. The number of rotatable bonds is 6. The number of carbonyl (C=O) groups excluding carboxylic acids is 2. The van der Waals surface area contributed by atoms with Crippen LogP contribution in [0.25, 0.3) is 0 Å². The summed E-state index contributed by atoms with van der Waals surface area (Å²) in [6, 6.07) is 5.27. The largest absolute Gasteiger partial charge is 0.383 e. The summed E-state index contributed by atoms with van der Waals surface area (Å²) in [5.41, 5.74) is 0.599. The zero-order valence-electron chi connectivity index (χ0n) is 13.9. The summed E-state index contributed by atoms with van der Waals surface area (Å²) < 4.78 is 4.90. The Morgan fingerprint density at radius 1 is 1.35 bits per heavy atom. The van der Waals surface area contributed by atoms with Crippen molar-refractivity contribution in [2.75, 3.05) is 26.8 Å². The minimum Gasteiger partial charge on any atom is -0.383 e. The molecule has 1 unspecified atom stereocenters. The molecule has 126 valence electrons. The van der Waals surface area contributed by atoms with Crippen LogP contribution in [0.3, 0.4) is 0 Å². The average molecular weight is 319 g/mol. The highest BCUT2D eigenvalue weighted by Crippen LogP contribution is 2.21. The van der Waals surface area contributed by atoms with Crippen LogP contribution in [0.5, 0.6) is 0 Å². The topological polar surface area (TPSA) is 71.5 Å². The van der Waals surface area contributed by atoms with E-state index in [-0.39, 0.29) is 23.6 Å². The van der Waals surface area contributed by atoms with E-state index in [2.05, 4.69) is 17.2 Å². The number of amides is 2. The van der Waals surface area contributed by atoms with E-state index in [1.54, 1.807) is 25.3 Å². The molecule has 0 saturated carbocycles. The Bertz CT molecular complexity index is 548. The van der Waals surface area contributed by atoms with E-state index in [0.717, 1.165) is 32.2 Å². The molecule has 0 aliphatic carbocycles. The molecule has 2 heterocycles. The van der Waals surface area contributed by atoms with Gasteiger partial charge in [-0.15, -0.1) is 0 Å². The van der Waals surface area contributed by atoms with Crippen molar-refractivity contribution in [3.8, 4) is 0 Å². The van der Waals surface area contributed by atoms with Crippen molar-refractivity contribution >= 4 is 11.8 Å². The molecule has 1 aromatic rings. The summed E-state index contributed by atoms with van der Waals surface area (Å²) in [6.07, 6.45) is 4.18. The molecule has 1 atom stereocenters. The Morgan fingerprint density at radius 2 is 2.13 bits per heavy atom. The third-order valence-electron chi connectivity index (χ3n) is 4.15. The van der Waals surface area contributed by atoms with Crippen LogP contribution in [-0.4, -0.2) is 54.5 Å². The molecule has 2 amide bonds. The molecule has 0 radical (unpaired) electrons. The van der Waals surface area contributed by atoms with Crippen molar-refractivity contribution < 1.29 is 14.3 Å². The molecule has 0 aromatic carbocycles. The van der Waals surface area contributed by atoms with E-state index >= 15 is 0 Å². The summed E-state index contributed by atoms with van der Waals surface area (Å²) in [7, 11) is 1.58. The van der Waals surface area contributed by atoms with Crippen molar-refractivity contribution in [3.05, 3.63) is 29.6 Å². The van der Waals surface area contributed by atoms with Crippen LogP contribution in [0.1, 0.15) is 53.6 Å². The second kappa shape index (κ2) is 8.62. The molecule has 1 saturated heterocycles. The second-order valence-corrected chi connectivity index (χ2v) is 5.71. The minimum absolute atomic E-state index is 0.0805. The molecule has 0 spiro atoms. The number of nitrogens with zero attached hydrogens (tertiary/aromatic N) is 2. The van der Waals surface area contributed by atoms with Crippen molar-refractivity contribution in [1.82, 2.24) is 15.2 Å². The highest BCUT2D eigenvalue weighted by atomic mass is 16.5. The third kappa shape index (κ3) is 4.51. The monoisotopic (exact) mass is 319 g/mol. The first-order valence-electron chi connectivity index (χ1n) is 8.22. The predicted molar refractivity (Wildman–Crippen MR) is 87.4 cm³/mol. The van der Waals surface area contributed by atoms with Crippen LogP contribution in [0.4, 0.5) is 0 Å². The maximum atomic E-state index is 12.7. The van der Waals surface area contributed by atoms with Gasteiger partial charge in [-0.05, 0) is 37.8 Å². The maximum absolute atomic E-state index is 12.7. The number of nitrogens with one attached hydrogen (secondary N) is 1. The zero-order chi connectivity index (χ0) is 16.7. The molecule has 1 aromatic heterocycles. The fourth-order valence-corrected chi connectivity index (χ4v) is 2.88. The Balaban J connectivity index is 2.09. The summed E-state index contributed by atoms with van der Waals surface area (Å²) in [5, 5.41) is 2.71. The number of methoxy groups -OCH3 is 1. The Morgan fingerprint density at radius 3 is 2.87 bits per heavy atom. The predicted octanol–water partition coefficient (Wildman–Crippen LogP) is 1.86. The van der Waals surface area contributed by atoms with Crippen LogP contribution < -0.4 is 5.32 Å². The number of hydrogen-bond acceptors (Lipinski definition) is 4. The number of likely N-dealkylation sites (tertiary alicyclic amines) is 1. The van der Waals surface area contributed by atoms with Crippen LogP contribution in [0.2, 0.25) is 0 Å². The lowest BCUT2D eigenvalue weighted by Gasteiger charge is -2.35. The standard InChI is InChI=1S/C17H25N3O3/c1-3-13-7-4-5-11-20(13)17(22)15-9-6-8-14(19-15)16(21)18-10-12-23-2/h6,8-9,13H,3-5,7,10-12H2,1-2H3,(H,18,21). The van der Waals surface area contributed by atoms with Gasteiger partial charge in [0.25, 0.3) is 11.8 Å². The SMILES string of the molecule is CCC1CCCCN1C(=O)c1cccc(C(=O)NCCOC)n1. The second-order valence-electron chi connectivity index (χ2n) is 5.71. The van der Waals surface area contributed by atoms with Crippen LogP contribution in [0.15, 0.2) is 18.2 Å². The Hall–Kier alpha value is -1.95. The highest BCUT2D eigenvalue weighted by molar-refractivity contribution is 5.96. The van der Waals surface area contributed by atoms with Gasteiger partial charge in [-0.1, -0.05) is 13.0 Å². The first-order valence-corrected chi connectivity index (χ1v) is 8.22. The number of piperidine rings is 1. The lowest BCUT2D eigenvalue weighted by Crippen LogP contribution is -2.43. The van der Waals surface area contributed by atoms with Crippen LogP contribution in [0, 0.1) is 0 Å². The Labute approximate surface area is 137 Å². The van der Waals surface area contributed by atoms with E-state index in [1.165, 1.54) is 0 Å². The van der Waals surface area contributed by atoms with Gasteiger partial charge in [-0.3, -0.25) is 9.59 Å². The van der Waals surface area contributed by atoms with E-state index in [4.69, 9.17) is 4.74 Å². The highest BCUT2D eigenvalue weighted by Gasteiger charge is 2.27. The molecule has 1 aliphatic heterocycles. The molecule has 6 nitrogen and oxygen atoms in total. The number of carbonyl (C=O) groups is 2. The van der Waals surface area contributed by atoms with E-state index in [9.17, 15) is 9.59 Å². The lowest BCUT2D eigenvalue weighted by atomic mass is 9.99. The fraction of sp³-hybridized carbons (Fsp3) is 0.588. The molecular formula is C17H25N3O3. The molecule has 6 heteroatoms. The van der Waals surface area contributed by atoms with E-state index in [1.807, 2.05) is 4.90 Å². The molecule has 2 rings (SSSR count). The smallest absolute Gasteiger partial charge is 0.272 e. The van der Waals surface area contributed by atoms with Crippen molar-refractivity contribution in [2.24, 2.45) is 0 Å². The van der Waals surface area contributed by atoms with Crippen LogP contribution in [-0.2, 0) is 4.74 Å². The minimum atomic E-state index is -0.289. The molecule has 1 fully saturated rings. The zero-order valence-corrected chi connectivity index (χ0v) is 13.9. The van der Waals surface area contributed by atoms with E-state index in [0.29, 0.717) is 18.8 Å². The van der Waals surface area contributed by atoms with Crippen molar-refractivity contribution in [2.45, 2.75) is 38.6 Å². The number of hydrogen-bond donors (Lipinski definition) is 1. The van der Waals surface area contributed by atoms with Gasteiger partial charge in [0.2, 0.25) is 0 Å². The lowest BCUT2D eigenvalue weighted by molar-refractivity contribution is 0.0602. The number of pyridine rings is 1. The number of ether oxygens (including phenoxy) is 1. The maximum Gasteiger partial charge on any atom is 0.272 e.